The predicted octanol–water partition coefficient (Wildman–Crippen LogP) is 1.65. The molecule has 1 heterocycles. The molecule has 0 radical (unpaired) electrons. The number of nitrogens with zero attached hydrogens (tertiary/aromatic N) is 1. The Morgan fingerprint density at radius 2 is 2.33 bits per heavy atom. The van der Waals surface area contributed by atoms with Crippen molar-refractivity contribution in [2.24, 2.45) is 0 Å². The zero-order chi connectivity index (χ0) is 13.0. The summed E-state index contributed by atoms with van der Waals surface area (Å²) in [6.07, 6.45) is 1.10. The Bertz CT molecular complexity index is 432. The highest BCUT2D eigenvalue weighted by Gasteiger charge is 2.15. The number of likely N-dealkylation sites (N-methyl/N-ethyl adjacent to an activating group) is 1. The van der Waals surface area contributed by atoms with Gasteiger partial charge in [-0.2, -0.15) is 0 Å². The Balaban J connectivity index is 1.98. The number of hydrogen-bond donors (Lipinski definition) is 1. The number of rotatable bonds is 4. The summed E-state index contributed by atoms with van der Waals surface area (Å²) >= 11 is 0. The van der Waals surface area contributed by atoms with Crippen LogP contribution in [0.4, 0.5) is 5.69 Å². The van der Waals surface area contributed by atoms with Crippen LogP contribution in [0.25, 0.3) is 0 Å². The number of carbonyl (C=O) groups excluding carboxylic acids is 1. The summed E-state index contributed by atoms with van der Waals surface area (Å²) in [5.41, 5.74) is 3.95. The Morgan fingerprint density at radius 1 is 1.50 bits per heavy atom. The molecular weight excluding hydrogens is 228 g/mol. The van der Waals surface area contributed by atoms with Crippen LogP contribution >= 0.6 is 0 Å². The van der Waals surface area contributed by atoms with Crippen LogP contribution in [0.2, 0.25) is 0 Å². The van der Waals surface area contributed by atoms with Crippen LogP contribution in [0.3, 0.4) is 0 Å². The number of nitrogens with one attached hydrogen (secondary N) is 1. The quantitative estimate of drug-likeness (QED) is 0.650. The maximum Gasteiger partial charge on any atom is 0.302 e. The van der Waals surface area contributed by atoms with Crippen molar-refractivity contribution in [1.29, 1.82) is 0 Å². The van der Waals surface area contributed by atoms with E-state index in [2.05, 4.69) is 35.5 Å². The molecule has 1 aromatic rings. The van der Waals surface area contributed by atoms with Gasteiger partial charge in [0.25, 0.3) is 0 Å². The van der Waals surface area contributed by atoms with Crippen molar-refractivity contribution in [3.63, 3.8) is 0 Å². The highest BCUT2D eigenvalue weighted by Crippen LogP contribution is 2.25. The minimum Gasteiger partial charge on any atom is -0.464 e. The number of hydrogen-bond acceptors (Lipinski definition) is 4. The summed E-state index contributed by atoms with van der Waals surface area (Å²) in [7, 11) is 2.14. The molecule has 98 valence electrons. The Hall–Kier alpha value is -1.55. The van der Waals surface area contributed by atoms with E-state index in [4.69, 9.17) is 4.74 Å². The van der Waals surface area contributed by atoms with Gasteiger partial charge in [0, 0.05) is 32.2 Å². The molecule has 0 amide bonds. The normalized spacial score (nSPS) is 15.0. The molecule has 0 fully saturated rings. The van der Waals surface area contributed by atoms with Gasteiger partial charge in [-0.1, -0.05) is 12.1 Å². The van der Waals surface area contributed by atoms with Crippen molar-refractivity contribution in [3.05, 3.63) is 29.3 Å². The van der Waals surface area contributed by atoms with Gasteiger partial charge in [-0.3, -0.25) is 4.79 Å². The van der Waals surface area contributed by atoms with E-state index >= 15 is 0 Å². The maximum absolute atomic E-state index is 10.7. The summed E-state index contributed by atoms with van der Waals surface area (Å²) in [5.74, 6) is -0.230. The molecule has 1 aliphatic heterocycles. The molecule has 0 saturated carbocycles. The molecule has 1 aromatic carbocycles. The number of esters is 1. The fourth-order valence-corrected chi connectivity index (χ4v) is 2.26. The van der Waals surface area contributed by atoms with Crippen molar-refractivity contribution >= 4 is 11.7 Å². The van der Waals surface area contributed by atoms with Crippen LogP contribution < -0.4 is 5.32 Å². The Labute approximate surface area is 108 Å². The number of fused-ring (bicyclic) bond motifs is 1. The fourth-order valence-electron chi connectivity index (χ4n) is 2.26. The lowest BCUT2D eigenvalue weighted by Crippen LogP contribution is -2.27. The molecule has 4 nitrogen and oxygen atoms in total. The van der Waals surface area contributed by atoms with Gasteiger partial charge < -0.3 is 15.0 Å². The Kier molecular flexibility index (Phi) is 4.20. The van der Waals surface area contributed by atoms with Gasteiger partial charge in [0.2, 0.25) is 0 Å². The van der Waals surface area contributed by atoms with Crippen LogP contribution in [0.5, 0.6) is 0 Å². The first-order valence-electron chi connectivity index (χ1n) is 6.33. The van der Waals surface area contributed by atoms with E-state index < -0.39 is 0 Å². The molecule has 0 aromatic heterocycles. The van der Waals surface area contributed by atoms with E-state index in [1.54, 1.807) is 0 Å². The first-order chi connectivity index (χ1) is 8.66. The van der Waals surface area contributed by atoms with Gasteiger partial charge >= 0.3 is 5.97 Å². The summed E-state index contributed by atoms with van der Waals surface area (Å²) in [4.78, 5) is 13.0. The van der Waals surface area contributed by atoms with Crippen molar-refractivity contribution in [2.75, 3.05) is 32.1 Å². The molecule has 2 rings (SSSR count). The van der Waals surface area contributed by atoms with Gasteiger partial charge in [-0.25, -0.2) is 0 Å². The van der Waals surface area contributed by atoms with E-state index in [-0.39, 0.29) is 5.97 Å². The average Bonchev–Trinajstić information content (AvgIpc) is 2.34. The second-order valence-electron chi connectivity index (χ2n) is 4.70. The third-order valence-electron chi connectivity index (χ3n) is 3.19. The van der Waals surface area contributed by atoms with Crippen LogP contribution in [0.1, 0.15) is 18.1 Å². The molecule has 4 heteroatoms. The lowest BCUT2D eigenvalue weighted by molar-refractivity contribution is -0.140. The zero-order valence-corrected chi connectivity index (χ0v) is 11.0. The summed E-state index contributed by atoms with van der Waals surface area (Å²) in [6.45, 7) is 4.59. The molecule has 0 aliphatic carbocycles. The molecule has 18 heavy (non-hydrogen) atoms. The first-order valence-corrected chi connectivity index (χ1v) is 6.33. The third-order valence-corrected chi connectivity index (χ3v) is 3.19. The predicted molar refractivity (Wildman–Crippen MR) is 71.6 cm³/mol. The second-order valence-corrected chi connectivity index (χ2v) is 4.70. The van der Waals surface area contributed by atoms with E-state index in [1.807, 2.05) is 0 Å². The first kappa shape index (κ1) is 12.9. The average molecular weight is 248 g/mol. The van der Waals surface area contributed by atoms with E-state index in [9.17, 15) is 4.79 Å². The highest BCUT2D eigenvalue weighted by atomic mass is 16.5. The lowest BCUT2D eigenvalue weighted by Gasteiger charge is -2.27. The fraction of sp³-hybridized carbons (Fsp3) is 0.500. The van der Waals surface area contributed by atoms with Gasteiger partial charge in [-0.15, -0.1) is 0 Å². The SMILES string of the molecule is CC(=O)OCCNc1cccc2c1CN(C)CC2. The smallest absolute Gasteiger partial charge is 0.302 e. The minimum absolute atomic E-state index is 0.230. The molecule has 0 bridgehead atoms. The molecule has 0 atom stereocenters. The van der Waals surface area contributed by atoms with Gasteiger partial charge in [0.15, 0.2) is 0 Å². The van der Waals surface area contributed by atoms with Crippen molar-refractivity contribution in [2.45, 2.75) is 19.9 Å². The summed E-state index contributed by atoms with van der Waals surface area (Å²) < 4.78 is 4.92. The minimum atomic E-state index is -0.230. The molecule has 1 N–H and O–H groups in total. The number of benzene rings is 1. The van der Waals surface area contributed by atoms with Crippen LogP contribution in [-0.2, 0) is 22.5 Å². The van der Waals surface area contributed by atoms with Crippen LogP contribution in [-0.4, -0.2) is 37.6 Å². The monoisotopic (exact) mass is 248 g/mol. The van der Waals surface area contributed by atoms with Gasteiger partial charge in [-0.05, 0) is 30.7 Å². The maximum atomic E-state index is 10.7. The third kappa shape index (κ3) is 3.23. The Morgan fingerprint density at radius 3 is 3.11 bits per heavy atom. The molecular formula is C14H20N2O2. The molecule has 0 spiro atoms. The van der Waals surface area contributed by atoms with Gasteiger partial charge in [0.1, 0.15) is 6.61 Å². The van der Waals surface area contributed by atoms with Crippen molar-refractivity contribution in [1.82, 2.24) is 4.90 Å². The molecule has 0 unspecified atom stereocenters. The number of anilines is 1. The second kappa shape index (κ2) is 5.87. The number of carbonyl (C=O) groups is 1. The zero-order valence-electron chi connectivity index (χ0n) is 11.0. The van der Waals surface area contributed by atoms with Crippen LogP contribution in [0.15, 0.2) is 18.2 Å². The van der Waals surface area contributed by atoms with E-state index in [0.29, 0.717) is 13.2 Å². The summed E-state index contributed by atoms with van der Waals surface area (Å²) in [5, 5.41) is 3.34. The van der Waals surface area contributed by atoms with Crippen molar-refractivity contribution in [3.8, 4) is 0 Å². The standard InChI is InChI=1S/C14H20N2O2/c1-11(17)18-9-7-15-14-5-3-4-12-6-8-16(2)10-13(12)14/h3-5,15H,6-10H2,1-2H3. The van der Waals surface area contributed by atoms with E-state index in [1.165, 1.54) is 18.1 Å². The van der Waals surface area contributed by atoms with Crippen LogP contribution in [0, 0.1) is 0 Å². The van der Waals surface area contributed by atoms with E-state index in [0.717, 1.165) is 25.2 Å². The van der Waals surface area contributed by atoms with Gasteiger partial charge in [0.05, 0.1) is 0 Å². The number of ether oxygens (including phenoxy) is 1. The molecule has 1 aliphatic rings. The largest absolute Gasteiger partial charge is 0.464 e. The lowest BCUT2D eigenvalue weighted by atomic mass is 9.98. The topological polar surface area (TPSA) is 41.6 Å². The molecule has 0 saturated heterocycles. The van der Waals surface area contributed by atoms with Crippen molar-refractivity contribution < 1.29 is 9.53 Å². The highest BCUT2D eigenvalue weighted by molar-refractivity contribution is 5.66. The summed E-state index contributed by atoms with van der Waals surface area (Å²) in [6, 6.07) is 6.36.